The number of nitrogens with zero attached hydrogens (tertiary/aromatic N) is 1. The van der Waals surface area contributed by atoms with Gasteiger partial charge in [0.05, 0.1) is 15.9 Å². The van der Waals surface area contributed by atoms with Crippen molar-refractivity contribution in [3.8, 4) is 0 Å². The average molecular weight is 332 g/mol. The molecule has 2 aliphatic carbocycles. The lowest BCUT2D eigenvalue weighted by molar-refractivity contribution is 0.0518. The fraction of sp³-hybridized carbons (Fsp3) is 0.636. The van der Waals surface area contributed by atoms with Crippen molar-refractivity contribution in [1.29, 1.82) is 0 Å². The highest BCUT2D eigenvalue weighted by molar-refractivity contribution is 14.1. The molecular weight excluding hydrogens is 319 g/mol. The number of nitrogens with one attached hydrogen (secondary N) is 1. The largest absolute Gasteiger partial charge is 0.461 e. The molecule has 86 valence electrons. The molecule has 0 radical (unpaired) electrons. The minimum Gasteiger partial charge on any atom is -0.461 e. The highest BCUT2D eigenvalue weighted by Gasteiger charge is 2.64. The molecule has 1 unspecified atom stereocenters. The third kappa shape index (κ3) is 1.48. The number of esters is 1. The summed E-state index contributed by atoms with van der Waals surface area (Å²) in [5.74, 6) is 0.287. The Morgan fingerprint density at radius 3 is 3.00 bits per heavy atom. The van der Waals surface area contributed by atoms with E-state index in [1.54, 1.807) is 6.92 Å². The molecule has 1 heterocycles. The number of hydrogen-bond acceptors (Lipinski definition) is 3. The van der Waals surface area contributed by atoms with Gasteiger partial charge in [-0.05, 0) is 54.2 Å². The molecule has 2 saturated carbocycles. The van der Waals surface area contributed by atoms with Crippen LogP contribution in [0.1, 0.15) is 48.3 Å². The molecule has 2 aliphatic rings. The number of aromatic nitrogens is 2. The van der Waals surface area contributed by atoms with E-state index in [2.05, 4.69) is 32.8 Å². The summed E-state index contributed by atoms with van der Waals surface area (Å²) < 4.78 is 5.91. The van der Waals surface area contributed by atoms with Crippen molar-refractivity contribution in [2.24, 2.45) is 5.41 Å². The van der Waals surface area contributed by atoms with Crippen LogP contribution in [0.5, 0.6) is 0 Å². The van der Waals surface area contributed by atoms with Crippen molar-refractivity contribution >= 4 is 28.6 Å². The van der Waals surface area contributed by atoms with E-state index in [9.17, 15) is 4.79 Å². The first kappa shape index (κ1) is 10.6. The smallest absolute Gasteiger partial charge is 0.359 e. The third-order valence-electron chi connectivity index (χ3n) is 3.63. The second-order valence-electron chi connectivity index (χ2n) is 4.64. The van der Waals surface area contributed by atoms with Crippen molar-refractivity contribution in [1.82, 2.24) is 10.2 Å². The summed E-state index contributed by atoms with van der Waals surface area (Å²) in [6.45, 7) is 2.20. The predicted molar refractivity (Wildman–Crippen MR) is 66.3 cm³/mol. The molecule has 1 N–H and O–H groups in total. The predicted octanol–water partition coefficient (Wildman–Crippen LogP) is 2.46. The summed E-state index contributed by atoms with van der Waals surface area (Å²) in [5, 5.41) is 7.09. The number of rotatable bonds is 3. The molecule has 1 spiro atoms. The maximum absolute atomic E-state index is 11.6. The summed E-state index contributed by atoms with van der Waals surface area (Å²) in [4.78, 5) is 11.6. The summed E-state index contributed by atoms with van der Waals surface area (Å²) in [7, 11) is 0. The van der Waals surface area contributed by atoms with Gasteiger partial charge in [-0.25, -0.2) is 4.79 Å². The fourth-order valence-electron chi connectivity index (χ4n) is 2.38. The van der Waals surface area contributed by atoms with Gasteiger partial charge < -0.3 is 4.74 Å². The molecule has 1 aromatic heterocycles. The molecule has 0 amide bonds. The summed E-state index contributed by atoms with van der Waals surface area (Å²) in [6.07, 6.45) is 3.93. The van der Waals surface area contributed by atoms with Gasteiger partial charge in [0.15, 0.2) is 5.69 Å². The normalized spacial score (nSPS) is 24.5. The second-order valence-corrected chi connectivity index (χ2v) is 5.72. The Hall–Kier alpha value is -0.590. The Morgan fingerprint density at radius 2 is 2.44 bits per heavy atom. The number of hydrogen-bond donors (Lipinski definition) is 1. The zero-order chi connectivity index (χ0) is 11.3. The number of carbonyl (C=O) groups is 1. The summed E-state index contributed by atoms with van der Waals surface area (Å²) >= 11 is 2.20. The van der Waals surface area contributed by atoms with Gasteiger partial charge in [-0.3, -0.25) is 5.10 Å². The number of H-pyrrole nitrogens is 1. The van der Waals surface area contributed by atoms with Gasteiger partial charge >= 0.3 is 5.97 Å². The maximum Gasteiger partial charge on any atom is 0.359 e. The van der Waals surface area contributed by atoms with E-state index in [4.69, 9.17) is 4.74 Å². The Balaban J connectivity index is 1.83. The molecule has 1 atom stereocenters. The molecule has 0 saturated heterocycles. The minimum absolute atomic E-state index is 0.320. The van der Waals surface area contributed by atoms with Gasteiger partial charge in [-0.15, -0.1) is 0 Å². The van der Waals surface area contributed by atoms with Crippen molar-refractivity contribution in [2.45, 2.75) is 32.1 Å². The van der Waals surface area contributed by atoms with Gasteiger partial charge in [-0.1, -0.05) is 0 Å². The van der Waals surface area contributed by atoms with Crippen LogP contribution < -0.4 is 0 Å². The SMILES string of the molecule is CCOC(=O)c1n[nH]c(C2CC23CC3)c1I. The van der Waals surface area contributed by atoms with Crippen LogP contribution in [0.2, 0.25) is 0 Å². The molecule has 0 aliphatic heterocycles. The number of carbonyl (C=O) groups excluding carboxylic acids is 1. The maximum atomic E-state index is 11.6. The Kier molecular flexibility index (Phi) is 2.28. The Labute approximate surface area is 107 Å². The van der Waals surface area contributed by atoms with Crippen LogP contribution in [0.25, 0.3) is 0 Å². The first-order chi connectivity index (χ1) is 7.68. The zero-order valence-corrected chi connectivity index (χ0v) is 11.2. The standard InChI is InChI=1S/C11H13IN2O2/c1-2-16-10(15)9-7(12)8(13-14-9)6-5-11(6)3-4-11/h6H,2-5H2,1H3,(H,13,14). The van der Waals surface area contributed by atoms with E-state index in [0.29, 0.717) is 23.6 Å². The average Bonchev–Trinajstić information content (AvgIpc) is 3.14. The highest BCUT2D eigenvalue weighted by atomic mass is 127. The highest BCUT2D eigenvalue weighted by Crippen LogP contribution is 2.75. The topological polar surface area (TPSA) is 55.0 Å². The number of ether oxygens (including phenoxy) is 1. The van der Waals surface area contributed by atoms with Crippen molar-refractivity contribution in [2.75, 3.05) is 6.61 Å². The van der Waals surface area contributed by atoms with Crippen LogP contribution in [0.15, 0.2) is 0 Å². The van der Waals surface area contributed by atoms with Gasteiger partial charge in [0.2, 0.25) is 0 Å². The molecule has 4 nitrogen and oxygen atoms in total. The Morgan fingerprint density at radius 1 is 1.69 bits per heavy atom. The van der Waals surface area contributed by atoms with Crippen molar-refractivity contribution in [3.05, 3.63) is 15.0 Å². The van der Waals surface area contributed by atoms with Crippen LogP contribution in [0.4, 0.5) is 0 Å². The van der Waals surface area contributed by atoms with E-state index < -0.39 is 0 Å². The van der Waals surface area contributed by atoms with E-state index in [1.807, 2.05) is 0 Å². The summed E-state index contributed by atoms with van der Waals surface area (Å²) in [6, 6.07) is 0. The number of halogens is 1. The molecule has 0 aromatic carbocycles. The monoisotopic (exact) mass is 332 g/mol. The fourth-order valence-corrected chi connectivity index (χ4v) is 3.21. The lowest BCUT2D eigenvalue weighted by Gasteiger charge is -1.98. The molecule has 5 heteroatoms. The van der Waals surface area contributed by atoms with Crippen LogP contribution >= 0.6 is 22.6 Å². The lowest BCUT2D eigenvalue weighted by atomic mass is 10.2. The van der Waals surface area contributed by atoms with Crippen LogP contribution in [0, 0.1) is 8.99 Å². The van der Waals surface area contributed by atoms with Crippen molar-refractivity contribution in [3.63, 3.8) is 0 Å². The molecule has 1 aromatic rings. The molecule has 3 rings (SSSR count). The minimum atomic E-state index is -0.320. The van der Waals surface area contributed by atoms with Crippen LogP contribution in [0.3, 0.4) is 0 Å². The van der Waals surface area contributed by atoms with Crippen molar-refractivity contribution < 1.29 is 9.53 Å². The van der Waals surface area contributed by atoms with Gasteiger partial charge in [0.1, 0.15) is 0 Å². The van der Waals surface area contributed by atoms with Gasteiger partial charge in [0, 0.05) is 5.92 Å². The molecule has 0 bridgehead atoms. The summed E-state index contributed by atoms with van der Waals surface area (Å²) in [5.41, 5.74) is 2.17. The van der Waals surface area contributed by atoms with E-state index in [1.165, 1.54) is 19.3 Å². The van der Waals surface area contributed by atoms with E-state index in [0.717, 1.165) is 9.26 Å². The second kappa shape index (κ2) is 3.45. The van der Waals surface area contributed by atoms with Crippen LogP contribution in [-0.2, 0) is 4.74 Å². The quantitative estimate of drug-likeness (QED) is 0.683. The first-order valence-corrected chi connectivity index (χ1v) is 6.67. The van der Waals surface area contributed by atoms with E-state index >= 15 is 0 Å². The van der Waals surface area contributed by atoms with Gasteiger partial charge in [-0.2, -0.15) is 5.10 Å². The zero-order valence-electron chi connectivity index (χ0n) is 9.05. The lowest BCUT2D eigenvalue weighted by Crippen LogP contribution is -2.06. The molecular formula is C11H13IN2O2. The third-order valence-corrected chi connectivity index (χ3v) is 4.72. The Bertz CT molecular complexity index is 451. The van der Waals surface area contributed by atoms with E-state index in [-0.39, 0.29) is 5.97 Å². The van der Waals surface area contributed by atoms with Crippen LogP contribution in [-0.4, -0.2) is 22.8 Å². The first-order valence-electron chi connectivity index (χ1n) is 5.59. The van der Waals surface area contributed by atoms with Gasteiger partial charge in [0.25, 0.3) is 0 Å². The molecule has 16 heavy (non-hydrogen) atoms. The number of aromatic amines is 1. The molecule has 2 fully saturated rings.